The van der Waals surface area contributed by atoms with Crippen LogP contribution in [0.4, 0.5) is 0 Å². The zero-order chi connectivity index (χ0) is 18.4. The fourth-order valence-electron chi connectivity index (χ4n) is 2.70. The number of benzene rings is 3. The van der Waals surface area contributed by atoms with Gasteiger partial charge < -0.3 is 4.74 Å². The second kappa shape index (κ2) is 8.00. The number of carbonyl (C=O) groups is 1. The summed E-state index contributed by atoms with van der Waals surface area (Å²) in [4.78, 5) is 12.3. The summed E-state index contributed by atoms with van der Waals surface area (Å²) in [6.07, 6.45) is 6.88. The molecule has 0 unspecified atom stereocenters. The highest BCUT2D eigenvalue weighted by atomic mass is 16.5. The molecule has 1 amide bonds. The van der Waals surface area contributed by atoms with Crippen LogP contribution in [0.3, 0.4) is 0 Å². The van der Waals surface area contributed by atoms with Crippen LogP contribution in [-0.2, 0) is 0 Å². The zero-order valence-corrected chi connectivity index (χ0v) is 14.4. The van der Waals surface area contributed by atoms with Crippen molar-refractivity contribution in [2.75, 3.05) is 6.61 Å². The van der Waals surface area contributed by atoms with Crippen molar-refractivity contribution in [1.29, 1.82) is 0 Å². The van der Waals surface area contributed by atoms with Gasteiger partial charge in [-0.25, -0.2) is 5.43 Å². The molecule has 0 aromatic heterocycles. The summed E-state index contributed by atoms with van der Waals surface area (Å²) in [6, 6.07) is 19.1. The third-order valence-corrected chi connectivity index (χ3v) is 3.99. The molecule has 3 aromatic rings. The van der Waals surface area contributed by atoms with E-state index in [2.05, 4.69) is 16.4 Å². The number of carbonyl (C=O) groups excluding carboxylic acids is 1. The molecule has 0 spiro atoms. The third kappa shape index (κ3) is 3.73. The minimum atomic E-state index is -0.259. The van der Waals surface area contributed by atoms with E-state index in [9.17, 15) is 4.79 Å². The maximum atomic E-state index is 12.3. The number of hydrogen-bond acceptors (Lipinski definition) is 3. The van der Waals surface area contributed by atoms with Crippen LogP contribution in [0.25, 0.3) is 10.8 Å². The molecule has 0 aliphatic carbocycles. The summed E-state index contributed by atoms with van der Waals surface area (Å²) in [6.45, 7) is 2.05. The molecule has 0 aliphatic rings. The number of rotatable bonds is 5. The Balaban J connectivity index is 1.89. The highest BCUT2D eigenvalue weighted by molar-refractivity contribution is 6.03. The van der Waals surface area contributed by atoms with Gasteiger partial charge in [0.25, 0.3) is 5.91 Å². The molecular formula is C22H18N2O2. The lowest BCUT2D eigenvalue weighted by atomic mass is 10.0. The molecule has 3 aromatic carbocycles. The zero-order valence-electron chi connectivity index (χ0n) is 14.4. The maximum absolute atomic E-state index is 12.3. The van der Waals surface area contributed by atoms with E-state index in [0.29, 0.717) is 11.3 Å². The number of aryl methyl sites for hydroxylation is 1. The Bertz CT molecular complexity index is 1020. The molecule has 0 heterocycles. The highest BCUT2D eigenvalue weighted by Crippen LogP contribution is 2.26. The SMILES string of the molecule is C#CCOc1ccc2ccccc2c1/C=N/NC(=O)c1ccccc1C. The predicted octanol–water partition coefficient (Wildman–Crippen LogP) is 3.92. The number of hydrogen-bond donors (Lipinski definition) is 1. The van der Waals surface area contributed by atoms with Crippen molar-refractivity contribution in [3.05, 3.63) is 77.4 Å². The predicted molar refractivity (Wildman–Crippen MR) is 105 cm³/mol. The van der Waals surface area contributed by atoms with Gasteiger partial charge in [0.05, 0.1) is 6.21 Å². The average molecular weight is 342 g/mol. The fraction of sp³-hybridized carbons (Fsp3) is 0.0909. The first-order valence-corrected chi connectivity index (χ1v) is 8.18. The number of terminal acetylenes is 1. The summed E-state index contributed by atoms with van der Waals surface area (Å²) in [5, 5.41) is 6.14. The molecule has 4 nitrogen and oxygen atoms in total. The van der Waals surface area contributed by atoms with Crippen LogP contribution in [0, 0.1) is 19.3 Å². The van der Waals surface area contributed by atoms with Gasteiger partial charge >= 0.3 is 0 Å². The molecule has 0 saturated heterocycles. The van der Waals surface area contributed by atoms with Crippen molar-refractivity contribution < 1.29 is 9.53 Å². The van der Waals surface area contributed by atoms with Gasteiger partial charge in [0.1, 0.15) is 12.4 Å². The van der Waals surface area contributed by atoms with Crippen LogP contribution < -0.4 is 10.2 Å². The van der Waals surface area contributed by atoms with Crippen molar-refractivity contribution >= 4 is 22.9 Å². The van der Waals surface area contributed by atoms with E-state index in [1.54, 1.807) is 12.3 Å². The number of nitrogens with one attached hydrogen (secondary N) is 1. The van der Waals surface area contributed by atoms with Gasteiger partial charge in [0, 0.05) is 11.1 Å². The lowest BCUT2D eigenvalue weighted by molar-refractivity contribution is 0.0954. The van der Waals surface area contributed by atoms with Crippen molar-refractivity contribution in [1.82, 2.24) is 5.43 Å². The summed E-state index contributed by atoms with van der Waals surface area (Å²) in [5.41, 5.74) is 4.82. The molecule has 0 radical (unpaired) electrons. The largest absolute Gasteiger partial charge is 0.480 e. The molecule has 128 valence electrons. The second-order valence-electron chi connectivity index (χ2n) is 5.71. The Hall–Kier alpha value is -3.58. The normalized spacial score (nSPS) is 10.6. The van der Waals surface area contributed by atoms with Crippen LogP contribution in [0.15, 0.2) is 65.8 Å². The van der Waals surface area contributed by atoms with Crippen molar-refractivity contribution in [2.24, 2.45) is 5.10 Å². The first-order chi connectivity index (χ1) is 12.7. The number of fused-ring (bicyclic) bond motifs is 1. The molecule has 0 saturated carbocycles. The molecule has 4 heteroatoms. The Morgan fingerprint density at radius 2 is 1.92 bits per heavy atom. The van der Waals surface area contributed by atoms with Crippen molar-refractivity contribution in [3.63, 3.8) is 0 Å². The minimum Gasteiger partial charge on any atom is -0.480 e. The topological polar surface area (TPSA) is 50.7 Å². The smallest absolute Gasteiger partial charge is 0.271 e. The van der Waals surface area contributed by atoms with Gasteiger partial charge in [-0.05, 0) is 35.4 Å². The van der Waals surface area contributed by atoms with E-state index in [-0.39, 0.29) is 12.5 Å². The van der Waals surface area contributed by atoms with Gasteiger partial charge in [-0.2, -0.15) is 5.10 Å². The van der Waals surface area contributed by atoms with Crippen LogP contribution in [0.1, 0.15) is 21.5 Å². The molecule has 0 fully saturated rings. The van der Waals surface area contributed by atoms with E-state index >= 15 is 0 Å². The third-order valence-electron chi connectivity index (χ3n) is 3.99. The number of amides is 1. The monoisotopic (exact) mass is 342 g/mol. The summed E-state index contributed by atoms with van der Waals surface area (Å²) >= 11 is 0. The van der Waals surface area contributed by atoms with E-state index in [0.717, 1.165) is 21.9 Å². The Labute approximate surface area is 152 Å². The van der Waals surface area contributed by atoms with Gasteiger partial charge in [0.2, 0.25) is 0 Å². The van der Waals surface area contributed by atoms with Crippen LogP contribution in [0.5, 0.6) is 5.75 Å². The number of hydrazone groups is 1. The van der Waals surface area contributed by atoms with E-state index in [1.807, 2.05) is 61.5 Å². The van der Waals surface area contributed by atoms with Crippen LogP contribution in [0.2, 0.25) is 0 Å². The van der Waals surface area contributed by atoms with Gasteiger partial charge in [0.15, 0.2) is 0 Å². The molecule has 0 atom stereocenters. The summed E-state index contributed by atoms with van der Waals surface area (Å²) in [7, 11) is 0. The van der Waals surface area contributed by atoms with Crippen LogP contribution >= 0.6 is 0 Å². The summed E-state index contributed by atoms with van der Waals surface area (Å²) in [5.74, 6) is 2.82. The lowest BCUT2D eigenvalue weighted by Gasteiger charge is -2.10. The Kier molecular flexibility index (Phi) is 5.31. The Morgan fingerprint density at radius 1 is 1.15 bits per heavy atom. The Morgan fingerprint density at radius 3 is 2.73 bits per heavy atom. The lowest BCUT2D eigenvalue weighted by Crippen LogP contribution is -2.18. The summed E-state index contributed by atoms with van der Waals surface area (Å²) < 4.78 is 5.62. The average Bonchev–Trinajstić information content (AvgIpc) is 2.67. The second-order valence-corrected chi connectivity index (χ2v) is 5.71. The molecule has 26 heavy (non-hydrogen) atoms. The quantitative estimate of drug-likeness (QED) is 0.434. The van der Waals surface area contributed by atoms with Crippen molar-refractivity contribution in [3.8, 4) is 18.1 Å². The van der Waals surface area contributed by atoms with Crippen molar-refractivity contribution in [2.45, 2.75) is 6.92 Å². The number of ether oxygens (including phenoxy) is 1. The molecular weight excluding hydrogens is 324 g/mol. The van der Waals surface area contributed by atoms with Gasteiger partial charge in [-0.3, -0.25) is 4.79 Å². The first kappa shape index (κ1) is 17.2. The fourth-order valence-corrected chi connectivity index (χ4v) is 2.70. The first-order valence-electron chi connectivity index (χ1n) is 8.18. The molecule has 0 aliphatic heterocycles. The molecule has 1 N–H and O–H groups in total. The minimum absolute atomic E-state index is 0.161. The van der Waals surface area contributed by atoms with E-state index in [1.165, 1.54) is 0 Å². The molecule has 3 rings (SSSR count). The number of nitrogens with zero attached hydrogens (tertiary/aromatic N) is 1. The van der Waals surface area contributed by atoms with E-state index < -0.39 is 0 Å². The standard InChI is InChI=1S/C22H18N2O2/c1-3-14-26-21-13-12-17-9-5-7-11-19(17)20(21)15-23-24-22(25)18-10-6-4-8-16(18)2/h1,4-13,15H,14H2,2H3,(H,24,25)/b23-15+. The molecule has 0 bridgehead atoms. The highest BCUT2D eigenvalue weighted by Gasteiger charge is 2.09. The van der Waals surface area contributed by atoms with Gasteiger partial charge in [-0.1, -0.05) is 54.5 Å². The van der Waals surface area contributed by atoms with Gasteiger partial charge in [-0.15, -0.1) is 6.42 Å². The maximum Gasteiger partial charge on any atom is 0.271 e. The van der Waals surface area contributed by atoms with Crippen LogP contribution in [-0.4, -0.2) is 18.7 Å². The van der Waals surface area contributed by atoms with E-state index in [4.69, 9.17) is 11.2 Å².